The van der Waals surface area contributed by atoms with Crippen LogP contribution >= 0.6 is 0 Å². The number of unbranched alkanes of at least 4 members (excludes halogenated alkanes) is 3. The molecule has 0 saturated carbocycles. The highest BCUT2D eigenvalue weighted by atomic mass is 16.6. The van der Waals surface area contributed by atoms with Crippen LogP contribution in [-0.4, -0.2) is 96.9 Å². The van der Waals surface area contributed by atoms with Crippen LogP contribution in [0.5, 0.6) is 0 Å². The lowest BCUT2D eigenvalue weighted by atomic mass is 9.70. The molecule has 3 heterocycles. The van der Waals surface area contributed by atoms with E-state index in [9.17, 15) is 24.3 Å². The molecular formula is C37H54N4O7. The molecule has 0 aromatic heterocycles. The van der Waals surface area contributed by atoms with E-state index in [0.717, 1.165) is 31.6 Å². The summed E-state index contributed by atoms with van der Waals surface area (Å²) < 4.78 is 12.4. The highest BCUT2D eigenvalue weighted by molar-refractivity contribution is 6.04. The van der Waals surface area contributed by atoms with Gasteiger partial charge < -0.3 is 34.6 Å². The van der Waals surface area contributed by atoms with E-state index in [2.05, 4.69) is 37.2 Å². The predicted octanol–water partition coefficient (Wildman–Crippen LogP) is 3.99. The molecule has 3 aliphatic rings. The molecule has 0 unspecified atom stereocenters. The van der Waals surface area contributed by atoms with E-state index in [4.69, 9.17) is 9.47 Å². The lowest BCUT2D eigenvalue weighted by molar-refractivity contribution is -0.159. The van der Waals surface area contributed by atoms with Gasteiger partial charge in [-0.3, -0.25) is 19.2 Å². The zero-order valence-corrected chi connectivity index (χ0v) is 28.9. The van der Waals surface area contributed by atoms with Crippen molar-refractivity contribution >= 4 is 35.1 Å². The maximum absolute atomic E-state index is 14.8. The Morgan fingerprint density at radius 1 is 1.10 bits per heavy atom. The van der Waals surface area contributed by atoms with Gasteiger partial charge >= 0.3 is 5.97 Å². The number of nitrogens with one attached hydrogen (secondary N) is 1. The number of hydrogen-bond acceptors (Lipinski definition) is 8. The predicted molar refractivity (Wildman–Crippen MR) is 185 cm³/mol. The number of allylic oxidation sites excluding steroid dienone is 1. The van der Waals surface area contributed by atoms with Crippen molar-refractivity contribution in [3.05, 3.63) is 49.6 Å². The molecule has 48 heavy (non-hydrogen) atoms. The van der Waals surface area contributed by atoms with Crippen LogP contribution in [0.15, 0.2) is 49.6 Å². The lowest BCUT2D eigenvalue weighted by Crippen LogP contribution is -2.56. The Hall–Kier alpha value is -3.70. The molecule has 0 aliphatic carbocycles. The summed E-state index contributed by atoms with van der Waals surface area (Å²) in [4.78, 5) is 60.4. The first-order chi connectivity index (χ1) is 23.2. The summed E-state index contributed by atoms with van der Waals surface area (Å²) in [6.45, 7) is 16.0. The summed E-state index contributed by atoms with van der Waals surface area (Å²) in [5.41, 5.74) is 0.591. The van der Waals surface area contributed by atoms with E-state index in [1.54, 1.807) is 28.9 Å². The summed E-state index contributed by atoms with van der Waals surface area (Å²) in [7, 11) is 0. The number of esters is 1. The minimum absolute atomic E-state index is 0.106. The molecule has 1 spiro atoms. The molecule has 3 fully saturated rings. The minimum atomic E-state index is -1.16. The van der Waals surface area contributed by atoms with Crippen LogP contribution < -0.4 is 15.1 Å². The second-order valence-electron chi connectivity index (χ2n) is 13.0. The summed E-state index contributed by atoms with van der Waals surface area (Å²) in [5, 5.41) is 12.0. The molecular weight excluding hydrogens is 612 g/mol. The summed E-state index contributed by atoms with van der Waals surface area (Å²) >= 11 is 0. The third-order valence-electron chi connectivity index (χ3n) is 9.96. The van der Waals surface area contributed by atoms with E-state index in [-0.39, 0.29) is 37.4 Å². The van der Waals surface area contributed by atoms with E-state index >= 15 is 0 Å². The molecule has 11 heteroatoms. The van der Waals surface area contributed by atoms with Crippen LogP contribution in [0.4, 0.5) is 11.4 Å². The van der Waals surface area contributed by atoms with Crippen molar-refractivity contribution in [2.24, 2.45) is 11.8 Å². The van der Waals surface area contributed by atoms with Crippen molar-refractivity contribution in [1.29, 1.82) is 0 Å². The first-order valence-corrected chi connectivity index (χ1v) is 17.6. The van der Waals surface area contributed by atoms with Crippen LogP contribution in [0.3, 0.4) is 0 Å². The van der Waals surface area contributed by atoms with Gasteiger partial charge in [-0.2, -0.15) is 0 Å². The quantitative estimate of drug-likeness (QED) is 0.122. The SMILES string of the molecule is C=CCCC(=O)NC[C@H](C)OC(=O)[C@@H]1[C@H]2C(=O)N(CCCCCCO)[C@H](C(=O)N(CC=C)c3ccc(N(CC)CC)cc3)[C@]23CC[C@H]1O3. The maximum Gasteiger partial charge on any atom is 0.312 e. The molecule has 11 nitrogen and oxygen atoms in total. The standard InChI is InChI=1S/C37H54N4O7/c1-6-10-15-30(43)38-25-26(5)47-36(46)31-29-20-21-37(48-29)32(31)34(44)41(23-13-11-12-14-24-42)33(37)35(45)40(22-7-2)28-18-16-27(17-19-28)39(8-3)9-4/h6-7,16-19,26,29,31-33,42H,1-2,8-15,20-25H2,3-5H3,(H,38,43)/t26-,29+,31-,32-,33+,37-/m0/s1. The second-order valence-corrected chi connectivity index (χ2v) is 13.0. The number of amides is 3. The molecule has 4 rings (SSSR count). The third-order valence-corrected chi connectivity index (χ3v) is 9.96. The van der Waals surface area contributed by atoms with Crippen molar-refractivity contribution < 1.29 is 33.8 Å². The summed E-state index contributed by atoms with van der Waals surface area (Å²) in [5.74, 6) is -2.92. The zero-order chi connectivity index (χ0) is 34.8. The van der Waals surface area contributed by atoms with Gasteiger partial charge in [0, 0.05) is 50.6 Å². The molecule has 3 saturated heterocycles. The van der Waals surface area contributed by atoms with Crippen LogP contribution in [-0.2, 0) is 28.7 Å². The average Bonchev–Trinajstić information content (AvgIpc) is 3.73. The number of likely N-dealkylation sites (tertiary alicyclic amines) is 1. The van der Waals surface area contributed by atoms with Crippen LogP contribution in [0.2, 0.25) is 0 Å². The molecule has 264 valence electrons. The lowest BCUT2D eigenvalue weighted by Gasteiger charge is -2.37. The maximum atomic E-state index is 14.8. The number of aliphatic hydroxyl groups is 1. The molecule has 1 aromatic rings. The Morgan fingerprint density at radius 2 is 1.79 bits per heavy atom. The van der Waals surface area contributed by atoms with Gasteiger partial charge in [0.25, 0.3) is 5.91 Å². The molecule has 1 aromatic carbocycles. The molecule has 0 radical (unpaired) electrons. The highest BCUT2D eigenvalue weighted by Gasteiger charge is 2.75. The van der Waals surface area contributed by atoms with E-state index in [1.807, 2.05) is 24.3 Å². The van der Waals surface area contributed by atoms with Gasteiger partial charge in [0.2, 0.25) is 11.8 Å². The van der Waals surface area contributed by atoms with Crippen LogP contribution in [0.25, 0.3) is 0 Å². The van der Waals surface area contributed by atoms with Crippen LogP contribution in [0, 0.1) is 11.8 Å². The molecule has 2 bridgehead atoms. The van der Waals surface area contributed by atoms with Gasteiger partial charge in [-0.25, -0.2) is 0 Å². The third kappa shape index (κ3) is 7.78. The Balaban J connectivity index is 1.60. The number of ether oxygens (including phenoxy) is 2. The normalized spacial score (nSPS) is 24.6. The van der Waals surface area contributed by atoms with E-state index in [1.165, 1.54) is 0 Å². The highest BCUT2D eigenvalue weighted by Crippen LogP contribution is 2.59. The largest absolute Gasteiger partial charge is 0.460 e. The monoisotopic (exact) mass is 666 g/mol. The molecule has 2 N–H and O–H groups in total. The van der Waals surface area contributed by atoms with Gasteiger partial charge in [0.15, 0.2) is 0 Å². The average molecular weight is 667 g/mol. The number of anilines is 2. The van der Waals surface area contributed by atoms with Crippen molar-refractivity contribution in [3.8, 4) is 0 Å². The number of carbonyl (C=O) groups is 4. The van der Waals surface area contributed by atoms with Gasteiger partial charge in [0.05, 0.1) is 24.5 Å². The van der Waals surface area contributed by atoms with E-state index in [0.29, 0.717) is 50.8 Å². The number of fused-ring (bicyclic) bond motifs is 1. The van der Waals surface area contributed by atoms with E-state index < -0.39 is 41.7 Å². The number of hydrogen-bond donors (Lipinski definition) is 2. The van der Waals surface area contributed by atoms with Crippen molar-refractivity contribution in [3.63, 3.8) is 0 Å². The van der Waals surface area contributed by atoms with Gasteiger partial charge in [-0.05, 0) is 77.1 Å². The molecule has 3 aliphatic heterocycles. The van der Waals surface area contributed by atoms with Gasteiger partial charge in [-0.1, -0.05) is 25.0 Å². The van der Waals surface area contributed by atoms with Gasteiger partial charge in [-0.15, -0.1) is 13.2 Å². The minimum Gasteiger partial charge on any atom is -0.460 e. The Labute approximate surface area is 285 Å². The van der Waals surface area contributed by atoms with Crippen molar-refractivity contribution in [2.45, 2.75) is 96.0 Å². The van der Waals surface area contributed by atoms with Crippen molar-refractivity contribution in [2.75, 3.05) is 49.1 Å². The zero-order valence-electron chi connectivity index (χ0n) is 28.9. The number of benzene rings is 1. The Kier molecular flexibility index (Phi) is 13.2. The Bertz CT molecular complexity index is 1300. The second kappa shape index (κ2) is 17.1. The first kappa shape index (κ1) is 37.1. The fourth-order valence-electron chi connectivity index (χ4n) is 7.62. The fourth-order valence-corrected chi connectivity index (χ4v) is 7.62. The van der Waals surface area contributed by atoms with Crippen molar-refractivity contribution in [1.82, 2.24) is 10.2 Å². The topological polar surface area (TPSA) is 129 Å². The molecule has 6 atom stereocenters. The number of carbonyl (C=O) groups excluding carboxylic acids is 4. The number of rotatable bonds is 20. The first-order valence-electron chi connectivity index (χ1n) is 17.6. The molecule has 3 amide bonds. The number of aliphatic hydroxyl groups excluding tert-OH is 1. The number of nitrogens with zero attached hydrogens (tertiary/aromatic N) is 3. The Morgan fingerprint density at radius 3 is 2.44 bits per heavy atom. The summed E-state index contributed by atoms with van der Waals surface area (Å²) in [6.07, 6.45) is 6.98. The summed E-state index contributed by atoms with van der Waals surface area (Å²) in [6, 6.07) is 6.92. The smallest absolute Gasteiger partial charge is 0.312 e. The fraction of sp³-hybridized carbons (Fsp3) is 0.622. The van der Waals surface area contributed by atoms with Gasteiger partial charge in [0.1, 0.15) is 17.7 Å². The van der Waals surface area contributed by atoms with Crippen LogP contribution in [0.1, 0.15) is 72.1 Å².